The van der Waals surface area contributed by atoms with E-state index in [-0.39, 0.29) is 12.0 Å². The molecule has 0 amide bonds. The highest BCUT2D eigenvalue weighted by Crippen LogP contribution is 2.15. The van der Waals surface area contributed by atoms with Crippen LogP contribution in [0, 0.1) is 17.1 Å². The fraction of sp³-hybridized carbons (Fsp3) is 0.273. The molecule has 1 unspecified atom stereocenters. The average molecular weight is 242 g/mol. The van der Waals surface area contributed by atoms with E-state index in [1.54, 1.807) is 0 Å². The summed E-state index contributed by atoms with van der Waals surface area (Å²) in [7, 11) is 1.23. The summed E-state index contributed by atoms with van der Waals surface area (Å²) in [5.41, 5.74) is 0.698. The smallest absolute Gasteiger partial charge is 0.324 e. The van der Waals surface area contributed by atoms with Crippen LogP contribution in [0.25, 0.3) is 0 Å². The average Bonchev–Trinajstić information content (AvgIpc) is 2.30. The maximum absolute atomic E-state index is 12.8. The Kier molecular flexibility index (Phi) is 4.27. The zero-order chi connectivity index (χ0) is 12.1. The highest BCUT2D eigenvalue weighted by molar-refractivity contribution is 6.30. The van der Waals surface area contributed by atoms with Crippen LogP contribution in [-0.4, -0.2) is 18.5 Å². The summed E-state index contributed by atoms with van der Waals surface area (Å²) in [5, 5.41) is 7.90. The lowest BCUT2D eigenvalue weighted by Crippen LogP contribution is -2.19. The SMILES string of the molecule is COC(=O)C(Cl)Cc1ccc(F)cc1C#N. The van der Waals surface area contributed by atoms with Crippen LogP contribution in [0.5, 0.6) is 0 Å². The molecule has 0 aliphatic heterocycles. The molecular weight excluding hydrogens is 233 g/mol. The molecule has 0 saturated heterocycles. The Morgan fingerprint density at radius 2 is 2.38 bits per heavy atom. The molecule has 0 spiro atoms. The van der Waals surface area contributed by atoms with E-state index in [0.29, 0.717) is 5.56 Å². The van der Waals surface area contributed by atoms with E-state index < -0.39 is 17.2 Å². The monoisotopic (exact) mass is 241 g/mol. The van der Waals surface area contributed by atoms with Crippen LogP contribution in [-0.2, 0) is 16.0 Å². The molecule has 0 fully saturated rings. The molecule has 16 heavy (non-hydrogen) atoms. The van der Waals surface area contributed by atoms with Gasteiger partial charge in [-0.15, -0.1) is 11.6 Å². The third kappa shape index (κ3) is 2.94. The van der Waals surface area contributed by atoms with Crippen molar-refractivity contribution in [3.8, 4) is 6.07 Å². The summed E-state index contributed by atoms with van der Waals surface area (Å²) in [4.78, 5) is 11.1. The maximum atomic E-state index is 12.8. The van der Waals surface area contributed by atoms with Gasteiger partial charge in [0.2, 0.25) is 0 Å². The van der Waals surface area contributed by atoms with E-state index in [2.05, 4.69) is 4.74 Å². The Labute approximate surface area is 97.4 Å². The number of ether oxygens (including phenoxy) is 1. The molecule has 0 bridgehead atoms. The van der Waals surface area contributed by atoms with E-state index in [4.69, 9.17) is 16.9 Å². The number of hydrogen-bond acceptors (Lipinski definition) is 3. The van der Waals surface area contributed by atoms with Gasteiger partial charge in [0, 0.05) is 6.42 Å². The van der Waals surface area contributed by atoms with Crippen LogP contribution in [0.2, 0.25) is 0 Å². The fourth-order valence-electron chi connectivity index (χ4n) is 1.24. The van der Waals surface area contributed by atoms with Crippen molar-refractivity contribution in [2.24, 2.45) is 0 Å². The van der Waals surface area contributed by atoms with Gasteiger partial charge in [-0.05, 0) is 17.7 Å². The first-order valence-electron chi connectivity index (χ1n) is 4.49. The van der Waals surface area contributed by atoms with Gasteiger partial charge in [0.05, 0.1) is 18.7 Å². The van der Waals surface area contributed by atoms with Crippen LogP contribution in [0.4, 0.5) is 4.39 Å². The van der Waals surface area contributed by atoms with Crippen molar-refractivity contribution < 1.29 is 13.9 Å². The van der Waals surface area contributed by atoms with E-state index in [1.165, 1.54) is 19.2 Å². The molecule has 1 rings (SSSR count). The standard InChI is InChI=1S/C11H9ClFNO2/c1-16-11(15)10(12)5-7-2-3-9(13)4-8(7)6-14/h2-4,10H,5H2,1H3. The van der Waals surface area contributed by atoms with Crippen molar-refractivity contribution in [3.05, 3.63) is 35.1 Å². The number of carbonyl (C=O) groups is 1. The lowest BCUT2D eigenvalue weighted by molar-refractivity contribution is -0.140. The zero-order valence-electron chi connectivity index (χ0n) is 8.54. The van der Waals surface area contributed by atoms with E-state index in [9.17, 15) is 9.18 Å². The molecule has 0 aromatic heterocycles. The summed E-state index contributed by atoms with van der Waals surface area (Å²) in [6, 6.07) is 5.61. The maximum Gasteiger partial charge on any atom is 0.324 e. The van der Waals surface area contributed by atoms with E-state index >= 15 is 0 Å². The number of hydrogen-bond donors (Lipinski definition) is 0. The summed E-state index contributed by atoms with van der Waals surface area (Å²) in [5.74, 6) is -1.07. The topological polar surface area (TPSA) is 50.1 Å². The number of benzene rings is 1. The number of rotatable bonds is 3. The van der Waals surface area contributed by atoms with Crippen LogP contribution in [0.3, 0.4) is 0 Å². The number of alkyl halides is 1. The van der Waals surface area contributed by atoms with E-state index in [0.717, 1.165) is 6.07 Å². The van der Waals surface area contributed by atoms with Crippen LogP contribution in [0.1, 0.15) is 11.1 Å². The van der Waals surface area contributed by atoms with Crippen molar-refractivity contribution in [1.29, 1.82) is 5.26 Å². The summed E-state index contributed by atoms with van der Waals surface area (Å²) in [6.07, 6.45) is 0.136. The predicted molar refractivity (Wildman–Crippen MR) is 56.5 cm³/mol. The quantitative estimate of drug-likeness (QED) is 0.601. The number of nitriles is 1. The largest absolute Gasteiger partial charge is 0.468 e. The molecule has 0 N–H and O–H groups in total. The van der Waals surface area contributed by atoms with Crippen molar-refractivity contribution in [2.75, 3.05) is 7.11 Å². The van der Waals surface area contributed by atoms with Gasteiger partial charge < -0.3 is 4.74 Å². The Balaban J connectivity index is 2.90. The molecular formula is C11H9ClFNO2. The number of nitrogens with zero attached hydrogens (tertiary/aromatic N) is 1. The lowest BCUT2D eigenvalue weighted by atomic mass is 10.0. The Morgan fingerprint density at radius 3 is 2.94 bits per heavy atom. The Bertz CT molecular complexity index is 442. The third-order valence-electron chi connectivity index (χ3n) is 2.05. The number of methoxy groups -OCH3 is 1. The minimum Gasteiger partial charge on any atom is -0.468 e. The zero-order valence-corrected chi connectivity index (χ0v) is 9.29. The van der Waals surface area contributed by atoms with Gasteiger partial charge in [0.15, 0.2) is 0 Å². The molecule has 5 heteroatoms. The normalized spacial score (nSPS) is 11.6. The first kappa shape index (κ1) is 12.5. The van der Waals surface area contributed by atoms with Crippen molar-refractivity contribution in [1.82, 2.24) is 0 Å². The fourth-order valence-corrected chi connectivity index (χ4v) is 1.49. The van der Waals surface area contributed by atoms with Gasteiger partial charge >= 0.3 is 5.97 Å². The van der Waals surface area contributed by atoms with Gasteiger partial charge in [0.25, 0.3) is 0 Å². The van der Waals surface area contributed by atoms with Gasteiger partial charge in [-0.25, -0.2) is 4.39 Å². The lowest BCUT2D eigenvalue weighted by Gasteiger charge is -2.08. The first-order chi connectivity index (χ1) is 7.58. The van der Waals surface area contributed by atoms with Crippen LogP contribution in [0.15, 0.2) is 18.2 Å². The molecule has 84 valence electrons. The molecule has 3 nitrogen and oxygen atoms in total. The van der Waals surface area contributed by atoms with Crippen molar-refractivity contribution in [2.45, 2.75) is 11.8 Å². The second kappa shape index (κ2) is 5.47. The molecule has 0 radical (unpaired) electrons. The second-order valence-corrected chi connectivity index (χ2v) is 3.63. The number of esters is 1. The number of carbonyl (C=O) groups excluding carboxylic acids is 1. The molecule has 0 aliphatic rings. The second-order valence-electron chi connectivity index (χ2n) is 3.11. The molecule has 0 saturated carbocycles. The molecule has 1 aromatic carbocycles. The molecule has 0 heterocycles. The van der Waals surface area contributed by atoms with Crippen molar-refractivity contribution >= 4 is 17.6 Å². The van der Waals surface area contributed by atoms with Gasteiger partial charge in [0.1, 0.15) is 11.2 Å². The molecule has 0 aliphatic carbocycles. The van der Waals surface area contributed by atoms with Crippen LogP contribution >= 0.6 is 11.6 Å². The highest BCUT2D eigenvalue weighted by atomic mass is 35.5. The predicted octanol–water partition coefficient (Wildman–Crippen LogP) is 2.02. The summed E-state index contributed by atoms with van der Waals surface area (Å²) >= 11 is 5.76. The third-order valence-corrected chi connectivity index (χ3v) is 2.38. The van der Waals surface area contributed by atoms with Crippen LogP contribution < -0.4 is 0 Å². The Morgan fingerprint density at radius 1 is 1.69 bits per heavy atom. The van der Waals surface area contributed by atoms with Crippen molar-refractivity contribution in [3.63, 3.8) is 0 Å². The molecule has 1 atom stereocenters. The number of halogens is 2. The molecule has 1 aromatic rings. The summed E-state index contributed by atoms with van der Waals surface area (Å²) in [6.45, 7) is 0. The Hall–Kier alpha value is -1.60. The van der Waals surface area contributed by atoms with Gasteiger partial charge in [-0.3, -0.25) is 4.79 Å². The minimum atomic E-state index is -0.873. The first-order valence-corrected chi connectivity index (χ1v) is 4.92. The minimum absolute atomic E-state index is 0.136. The summed E-state index contributed by atoms with van der Waals surface area (Å²) < 4.78 is 17.3. The highest BCUT2D eigenvalue weighted by Gasteiger charge is 2.18. The van der Waals surface area contributed by atoms with Gasteiger partial charge in [-0.2, -0.15) is 5.26 Å². The van der Waals surface area contributed by atoms with Gasteiger partial charge in [-0.1, -0.05) is 6.07 Å². The van der Waals surface area contributed by atoms with E-state index in [1.807, 2.05) is 6.07 Å².